The third-order valence-corrected chi connectivity index (χ3v) is 8.20. The van der Waals surface area contributed by atoms with Crippen LogP contribution in [0, 0.1) is 17.6 Å². The summed E-state index contributed by atoms with van der Waals surface area (Å²) in [6, 6.07) is 9.60. The van der Waals surface area contributed by atoms with Crippen LogP contribution in [-0.2, 0) is 11.2 Å². The minimum atomic E-state index is -0.937. The first-order valence-electron chi connectivity index (χ1n) is 14.4. The molecule has 0 radical (unpaired) electrons. The van der Waals surface area contributed by atoms with E-state index in [0.29, 0.717) is 55.3 Å². The number of fused-ring (bicyclic) bond motifs is 1. The van der Waals surface area contributed by atoms with Crippen molar-refractivity contribution < 1.29 is 18.4 Å². The minimum absolute atomic E-state index is 0.0392. The average molecular weight is 574 g/mol. The van der Waals surface area contributed by atoms with Crippen molar-refractivity contribution in [3.05, 3.63) is 77.8 Å². The zero-order chi connectivity index (χ0) is 29.2. The molecule has 218 valence electrons. The van der Waals surface area contributed by atoms with Gasteiger partial charge in [-0.2, -0.15) is 0 Å². The number of halogens is 2. The first kappa shape index (κ1) is 27.8. The Balaban J connectivity index is 1.17. The molecule has 2 fully saturated rings. The van der Waals surface area contributed by atoms with Gasteiger partial charge >= 0.3 is 0 Å². The average Bonchev–Trinajstić information content (AvgIpc) is 3.47. The van der Waals surface area contributed by atoms with E-state index in [1.807, 2.05) is 34.9 Å². The maximum Gasteiger partial charge on any atom is 0.254 e. The Bertz CT molecular complexity index is 1630. The number of nitrogens with zero attached hydrogens (tertiary/aromatic N) is 5. The van der Waals surface area contributed by atoms with Gasteiger partial charge in [0.15, 0.2) is 23.1 Å². The Kier molecular flexibility index (Phi) is 7.84. The summed E-state index contributed by atoms with van der Waals surface area (Å²) >= 11 is 0. The molecule has 2 aromatic heterocycles. The maximum atomic E-state index is 14.5. The van der Waals surface area contributed by atoms with Crippen molar-refractivity contribution in [1.29, 1.82) is 0 Å². The lowest BCUT2D eigenvalue weighted by molar-refractivity contribution is -0.137. The number of amides is 2. The number of aromatic nitrogens is 3. The summed E-state index contributed by atoms with van der Waals surface area (Å²) in [5, 5.41) is 6.57. The van der Waals surface area contributed by atoms with Crippen LogP contribution in [-0.4, -0.2) is 75.3 Å². The second-order valence-corrected chi connectivity index (χ2v) is 10.7. The van der Waals surface area contributed by atoms with Crippen molar-refractivity contribution >= 4 is 29.0 Å². The number of carbonyl (C=O) groups excluding carboxylic acids is 2. The van der Waals surface area contributed by atoms with Crippen LogP contribution in [0.15, 0.2) is 55.0 Å². The van der Waals surface area contributed by atoms with Crippen LogP contribution in [0.4, 0.5) is 20.3 Å². The zero-order valence-electron chi connectivity index (χ0n) is 23.4. The molecule has 2 saturated heterocycles. The number of piperidine rings is 1. The summed E-state index contributed by atoms with van der Waals surface area (Å²) in [5.41, 5.74) is 3.20. The molecule has 0 atom stereocenters. The number of aryl methyl sites for hydroxylation is 1. The van der Waals surface area contributed by atoms with Gasteiger partial charge in [0.05, 0.1) is 11.9 Å². The maximum absolute atomic E-state index is 14.5. The molecule has 9 nitrogen and oxygen atoms in total. The van der Waals surface area contributed by atoms with E-state index in [0.717, 1.165) is 43.2 Å². The summed E-state index contributed by atoms with van der Waals surface area (Å²) in [5.74, 6) is -1.17. The first-order chi connectivity index (χ1) is 20.4. The molecular weight excluding hydrogens is 540 g/mol. The molecule has 0 spiro atoms. The van der Waals surface area contributed by atoms with Crippen LogP contribution in [0.2, 0.25) is 0 Å². The molecule has 6 rings (SSSR count). The van der Waals surface area contributed by atoms with Crippen LogP contribution in [0.5, 0.6) is 0 Å². The van der Waals surface area contributed by atoms with Crippen molar-refractivity contribution in [1.82, 2.24) is 29.5 Å². The number of imidazole rings is 1. The quantitative estimate of drug-likeness (QED) is 0.358. The Hall–Kier alpha value is -4.38. The number of anilines is 2. The van der Waals surface area contributed by atoms with Gasteiger partial charge in [0.2, 0.25) is 5.91 Å². The largest absolute Gasteiger partial charge is 0.339 e. The second-order valence-electron chi connectivity index (χ2n) is 10.7. The second kappa shape index (κ2) is 11.8. The van der Waals surface area contributed by atoms with Crippen molar-refractivity contribution in [2.45, 2.75) is 26.2 Å². The van der Waals surface area contributed by atoms with E-state index < -0.39 is 11.6 Å². The fourth-order valence-corrected chi connectivity index (χ4v) is 5.84. The van der Waals surface area contributed by atoms with E-state index in [9.17, 15) is 18.4 Å². The first-order valence-corrected chi connectivity index (χ1v) is 14.4. The van der Waals surface area contributed by atoms with Gasteiger partial charge in [0.25, 0.3) is 5.91 Å². The molecule has 2 amide bonds. The summed E-state index contributed by atoms with van der Waals surface area (Å²) < 4.78 is 30.0. The normalized spacial score (nSPS) is 16.2. The van der Waals surface area contributed by atoms with Gasteiger partial charge in [-0.15, -0.1) is 0 Å². The fourth-order valence-electron chi connectivity index (χ4n) is 5.84. The van der Waals surface area contributed by atoms with E-state index in [1.54, 1.807) is 16.8 Å². The Morgan fingerprint density at radius 2 is 1.79 bits per heavy atom. The van der Waals surface area contributed by atoms with Gasteiger partial charge in [-0.3, -0.25) is 14.0 Å². The number of nitrogens with one attached hydrogen (secondary N) is 2. The number of carbonyl (C=O) groups is 2. The molecular formula is C31H33F2N7O2. The summed E-state index contributed by atoms with van der Waals surface area (Å²) in [6.45, 7) is 5.88. The van der Waals surface area contributed by atoms with Gasteiger partial charge in [-0.05, 0) is 68.2 Å². The lowest BCUT2D eigenvalue weighted by atomic mass is 9.96. The van der Waals surface area contributed by atoms with Crippen molar-refractivity contribution in [3.8, 4) is 11.3 Å². The molecule has 2 aliphatic heterocycles. The third-order valence-electron chi connectivity index (χ3n) is 8.20. The lowest BCUT2D eigenvalue weighted by Gasteiger charge is -2.37. The molecule has 42 heavy (non-hydrogen) atoms. The highest BCUT2D eigenvalue weighted by Crippen LogP contribution is 2.29. The molecule has 2 aromatic carbocycles. The Morgan fingerprint density at radius 3 is 2.55 bits per heavy atom. The Labute approximate surface area is 242 Å². The highest BCUT2D eigenvalue weighted by molar-refractivity contribution is 5.96. The lowest BCUT2D eigenvalue weighted by Crippen LogP contribution is -2.52. The van der Waals surface area contributed by atoms with E-state index >= 15 is 0 Å². The standard InChI is InChI=1S/C31H33F2N7O2/c1-2-20-18-22(37-28-29-36-19-26(40(29)13-12-35-28)24-4-3-5-25(32)27(24)33)6-7-23(20)31(42)39-16-14-38(15-17-39)30(41)21-8-10-34-11-9-21/h3-7,12-13,18-19,21,34H,2,8-11,14-17H2,1H3,(H,35,37). The third kappa shape index (κ3) is 5.32. The van der Waals surface area contributed by atoms with Gasteiger partial charge in [0, 0.05) is 61.3 Å². The molecule has 4 aromatic rings. The number of piperazine rings is 1. The number of hydrogen-bond acceptors (Lipinski definition) is 6. The van der Waals surface area contributed by atoms with E-state index in [-0.39, 0.29) is 23.3 Å². The predicted molar refractivity (Wildman–Crippen MR) is 156 cm³/mol. The molecule has 2 N–H and O–H groups in total. The van der Waals surface area contributed by atoms with Crippen LogP contribution in [0.25, 0.3) is 16.9 Å². The summed E-state index contributed by atoms with van der Waals surface area (Å²) in [4.78, 5) is 39.0. The summed E-state index contributed by atoms with van der Waals surface area (Å²) in [7, 11) is 0. The number of hydrogen-bond donors (Lipinski definition) is 2. The van der Waals surface area contributed by atoms with Crippen LogP contribution < -0.4 is 10.6 Å². The smallest absolute Gasteiger partial charge is 0.254 e. The highest BCUT2D eigenvalue weighted by Gasteiger charge is 2.30. The minimum Gasteiger partial charge on any atom is -0.339 e. The van der Waals surface area contributed by atoms with E-state index in [4.69, 9.17) is 0 Å². The predicted octanol–water partition coefficient (Wildman–Crippen LogP) is 4.26. The number of benzene rings is 2. The molecule has 0 aliphatic carbocycles. The topological polar surface area (TPSA) is 94.9 Å². The molecule has 0 saturated carbocycles. The van der Waals surface area contributed by atoms with Crippen molar-refractivity contribution in [3.63, 3.8) is 0 Å². The molecule has 4 heterocycles. The van der Waals surface area contributed by atoms with Gasteiger partial charge in [-0.1, -0.05) is 13.0 Å². The fraction of sp³-hybridized carbons (Fsp3) is 0.355. The zero-order valence-corrected chi connectivity index (χ0v) is 23.4. The molecule has 2 aliphatic rings. The Morgan fingerprint density at radius 1 is 1.02 bits per heavy atom. The van der Waals surface area contributed by atoms with E-state index in [2.05, 4.69) is 20.6 Å². The SMILES string of the molecule is CCc1cc(Nc2nccn3c(-c4cccc(F)c4F)cnc23)ccc1C(=O)N1CCN(C(=O)C2CCNCC2)CC1. The molecule has 0 unspecified atom stereocenters. The monoisotopic (exact) mass is 573 g/mol. The highest BCUT2D eigenvalue weighted by atomic mass is 19.2. The van der Waals surface area contributed by atoms with Crippen LogP contribution in [0.1, 0.15) is 35.7 Å². The summed E-state index contributed by atoms with van der Waals surface area (Å²) in [6.07, 6.45) is 7.08. The van der Waals surface area contributed by atoms with Gasteiger partial charge in [-0.25, -0.2) is 18.7 Å². The van der Waals surface area contributed by atoms with Crippen LogP contribution in [0.3, 0.4) is 0 Å². The van der Waals surface area contributed by atoms with E-state index in [1.165, 1.54) is 18.3 Å². The van der Waals surface area contributed by atoms with Gasteiger partial charge in [0.1, 0.15) is 0 Å². The molecule has 0 bridgehead atoms. The van der Waals surface area contributed by atoms with Crippen LogP contribution >= 0.6 is 0 Å². The van der Waals surface area contributed by atoms with Crippen molar-refractivity contribution in [2.24, 2.45) is 5.92 Å². The van der Waals surface area contributed by atoms with Gasteiger partial charge < -0.3 is 20.4 Å². The molecule has 11 heteroatoms. The number of rotatable bonds is 6. The van der Waals surface area contributed by atoms with Crippen molar-refractivity contribution in [2.75, 3.05) is 44.6 Å².